The zero-order valence-electron chi connectivity index (χ0n) is 7.69. The molecule has 0 aromatic carbocycles. The largest absolute Gasteiger partial charge is 0.468 e. The Balaban J connectivity index is 2.26. The second-order valence-electron chi connectivity index (χ2n) is 2.47. The highest BCUT2D eigenvalue weighted by atomic mass is 32.2. The Morgan fingerprint density at radius 2 is 2.29 bits per heavy atom. The maximum atomic E-state index is 11.3. The third-order valence-corrected chi connectivity index (χ3v) is 2.38. The molecule has 1 heterocycles. The number of hydrogen-bond acceptors (Lipinski definition) is 5. The molecule has 5 heteroatoms. The van der Waals surface area contributed by atoms with E-state index in [9.17, 15) is 9.59 Å². The van der Waals surface area contributed by atoms with E-state index in [2.05, 4.69) is 4.74 Å². The van der Waals surface area contributed by atoms with Crippen molar-refractivity contribution in [3.8, 4) is 0 Å². The van der Waals surface area contributed by atoms with E-state index in [0.717, 1.165) is 0 Å². The lowest BCUT2D eigenvalue weighted by Gasteiger charge is -1.97. The molecule has 1 aromatic rings. The van der Waals surface area contributed by atoms with Gasteiger partial charge >= 0.3 is 5.97 Å². The molecule has 0 atom stereocenters. The summed E-state index contributed by atoms with van der Waals surface area (Å²) in [6.45, 7) is 0. The van der Waals surface area contributed by atoms with Crippen LogP contribution in [0.2, 0.25) is 0 Å². The summed E-state index contributed by atoms with van der Waals surface area (Å²) in [5.74, 6) is 0.277. The van der Waals surface area contributed by atoms with Crippen LogP contribution < -0.4 is 0 Å². The van der Waals surface area contributed by atoms with Crippen molar-refractivity contribution in [2.24, 2.45) is 0 Å². The predicted octanol–water partition coefficient (Wildman–Crippen LogP) is 1.37. The Labute approximate surface area is 85.6 Å². The van der Waals surface area contributed by atoms with Gasteiger partial charge in [0.15, 0.2) is 5.76 Å². The smallest absolute Gasteiger partial charge is 0.315 e. The van der Waals surface area contributed by atoms with Gasteiger partial charge in [-0.05, 0) is 12.1 Å². The molecule has 0 radical (unpaired) electrons. The third kappa shape index (κ3) is 3.26. The molecule has 14 heavy (non-hydrogen) atoms. The van der Waals surface area contributed by atoms with Crippen molar-refractivity contribution >= 4 is 23.5 Å². The summed E-state index contributed by atoms with van der Waals surface area (Å²) < 4.78 is 9.33. The van der Waals surface area contributed by atoms with E-state index in [4.69, 9.17) is 4.42 Å². The highest BCUT2D eigenvalue weighted by Gasteiger charge is 2.09. The van der Waals surface area contributed by atoms with E-state index < -0.39 is 0 Å². The Morgan fingerprint density at radius 1 is 1.50 bits per heavy atom. The van der Waals surface area contributed by atoms with Gasteiger partial charge in [0.2, 0.25) is 5.78 Å². The first-order valence-corrected chi connectivity index (χ1v) is 5.10. The second kappa shape index (κ2) is 5.49. The van der Waals surface area contributed by atoms with Crippen molar-refractivity contribution in [2.45, 2.75) is 0 Å². The molecule has 0 aliphatic rings. The third-order valence-electron chi connectivity index (χ3n) is 1.48. The molecule has 0 aliphatic heterocycles. The van der Waals surface area contributed by atoms with Gasteiger partial charge in [-0.15, -0.1) is 11.8 Å². The maximum absolute atomic E-state index is 11.3. The average molecular weight is 214 g/mol. The minimum absolute atomic E-state index is 0.121. The molecule has 76 valence electrons. The predicted molar refractivity (Wildman–Crippen MR) is 52.4 cm³/mol. The van der Waals surface area contributed by atoms with Gasteiger partial charge in [0, 0.05) is 0 Å². The van der Waals surface area contributed by atoms with Gasteiger partial charge in [-0.2, -0.15) is 0 Å². The van der Waals surface area contributed by atoms with Crippen molar-refractivity contribution in [3.63, 3.8) is 0 Å². The van der Waals surface area contributed by atoms with Crippen LogP contribution in [0.4, 0.5) is 0 Å². The zero-order chi connectivity index (χ0) is 10.4. The van der Waals surface area contributed by atoms with E-state index in [1.54, 1.807) is 12.1 Å². The lowest BCUT2D eigenvalue weighted by molar-refractivity contribution is -0.137. The molecular weight excluding hydrogens is 204 g/mol. The summed E-state index contributed by atoms with van der Waals surface area (Å²) in [6, 6.07) is 3.25. The van der Waals surface area contributed by atoms with Crippen molar-refractivity contribution in [3.05, 3.63) is 24.2 Å². The molecule has 1 rings (SSSR count). The maximum Gasteiger partial charge on any atom is 0.315 e. The minimum Gasteiger partial charge on any atom is -0.468 e. The van der Waals surface area contributed by atoms with Crippen molar-refractivity contribution in [2.75, 3.05) is 18.6 Å². The number of carbonyl (C=O) groups excluding carboxylic acids is 2. The van der Waals surface area contributed by atoms with Crippen LogP contribution in [-0.2, 0) is 9.53 Å². The number of methoxy groups -OCH3 is 1. The molecule has 0 aliphatic carbocycles. The van der Waals surface area contributed by atoms with Crippen LogP contribution in [0.3, 0.4) is 0 Å². The van der Waals surface area contributed by atoms with Gasteiger partial charge < -0.3 is 9.15 Å². The number of rotatable bonds is 5. The molecule has 0 spiro atoms. The van der Waals surface area contributed by atoms with Crippen molar-refractivity contribution < 1.29 is 18.7 Å². The number of carbonyl (C=O) groups is 2. The van der Waals surface area contributed by atoms with Gasteiger partial charge in [0.25, 0.3) is 0 Å². The SMILES string of the molecule is COC(=O)CSCC(=O)c1ccco1. The highest BCUT2D eigenvalue weighted by Crippen LogP contribution is 2.07. The van der Waals surface area contributed by atoms with Crippen LogP contribution in [0.5, 0.6) is 0 Å². The Kier molecular flexibility index (Phi) is 4.25. The molecule has 0 amide bonds. The molecular formula is C9H10O4S. The number of ketones is 1. The molecule has 0 bridgehead atoms. The first-order valence-electron chi connectivity index (χ1n) is 3.95. The van der Waals surface area contributed by atoms with Gasteiger partial charge in [-0.25, -0.2) is 0 Å². The monoisotopic (exact) mass is 214 g/mol. The summed E-state index contributed by atoms with van der Waals surface area (Å²) in [4.78, 5) is 22.0. The molecule has 1 aromatic heterocycles. The fourth-order valence-electron chi connectivity index (χ4n) is 0.794. The summed E-state index contributed by atoms with van der Waals surface area (Å²) in [5.41, 5.74) is 0. The van der Waals surface area contributed by atoms with E-state index in [1.165, 1.54) is 25.1 Å². The van der Waals surface area contributed by atoms with Gasteiger partial charge in [0.05, 0.1) is 24.9 Å². The quantitative estimate of drug-likeness (QED) is 0.547. The fraction of sp³-hybridized carbons (Fsp3) is 0.333. The van der Waals surface area contributed by atoms with Gasteiger partial charge in [-0.3, -0.25) is 9.59 Å². The first kappa shape index (κ1) is 10.8. The van der Waals surface area contributed by atoms with Crippen LogP contribution in [0.25, 0.3) is 0 Å². The van der Waals surface area contributed by atoms with Crippen LogP contribution in [0.15, 0.2) is 22.8 Å². The lowest BCUT2D eigenvalue weighted by Crippen LogP contribution is -2.07. The number of Topliss-reactive ketones (excluding diaryl/α,β-unsaturated/α-hetero) is 1. The van der Waals surface area contributed by atoms with Gasteiger partial charge in [-0.1, -0.05) is 0 Å². The molecule has 0 saturated carbocycles. The fourth-order valence-corrected chi connectivity index (χ4v) is 1.51. The zero-order valence-corrected chi connectivity index (χ0v) is 8.50. The average Bonchev–Trinajstić information content (AvgIpc) is 2.70. The van der Waals surface area contributed by atoms with Crippen LogP contribution in [0, 0.1) is 0 Å². The number of hydrogen-bond donors (Lipinski definition) is 0. The Hall–Kier alpha value is -1.23. The summed E-state index contributed by atoms with van der Waals surface area (Å²) in [7, 11) is 1.32. The summed E-state index contributed by atoms with van der Waals surface area (Å²) in [5, 5.41) is 0. The lowest BCUT2D eigenvalue weighted by atomic mass is 10.3. The molecule has 4 nitrogen and oxygen atoms in total. The topological polar surface area (TPSA) is 56.5 Å². The number of furan rings is 1. The van der Waals surface area contributed by atoms with Crippen LogP contribution in [0.1, 0.15) is 10.6 Å². The summed E-state index contributed by atoms with van der Waals surface area (Å²) in [6.07, 6.45) is 1.44. The minimum atomic E-state index is -0.331. The Bertz CT molecular complexity index is 305. The van der Waals surface area contributed by atoms with Crippen molar-refractivity contribution in [1.82, 2.24) is 0 Å². The molecule has 0 fully saturated rings. The molecule has 0 N–H and O–H groups in total. The van der Waals surface area contributed by atoms with Crippen LogP contribution >= 0.6 is 11.8 Å². The number of ether oxygens (including phenoxy) is 1. The van der Waals surface area contributed by atoms with E-state index >= 15 is 0 Å². The van der Waals surface area contributed by atoms with E-state index in [1.807, 2.05) is 0 Å². The number of esters is 1. The second-order valence-corrected chi connectivity index (χ2v) is 3.46. The Morgan fingerprint density at radius 3 is 2.86 bits per heavy atom. The van der Waals surface area contributed by atoms with Crippen molar-refractivity contribution in [1.29, 1.82) is 0 Å². The van der Waals surface area contributed by atoms with E-state index in [0.29, 0.717) is 5.76 Å². The standard InChI is InChI=1S/C9H10O4S/c1-12-9(11)6-14-5-7(10)8-3-2-4-13-8/h2-4H,5-6H2,1H3. The van der Waals surface area contributed by atoms with E-state index in [-0.39, 0.29) is 23.3 Å². The summed E-state index contributed by atoms with van der Waals surface area (Å²) >= 11 is 1.21. The first-order chi connectivity index (χ1) is 6.74. The normalized spacial score (nSPS) is 9.79. The van der Waals surface area contributed by atoms with Gasteiger partial charge in [0.1, 0.15) is 0 Å². The molecule has 0 saturated heterocycles. The highest BCUT2D eigenvalue weighted by molar-refractivity contribution is 8.00. The van der Waals surface area contributed by atoms with Crippen LogP contribution in [-0.4, -0.2) is 30.4 Å². The molecule has 0 unspecified atom stereocenters. The number of thioether (sulfide) groups is 1.